The van der Waals surface area contributed by atoms with E-state index in [1.54, 1.807) is 25.3 Å². The molecule has 1 unspecified atom stereocenters. The average Bonchev–Trinajstić information content (AvgIpc) is 3.38. The molecule has 26 heavy (non-hydrogen) atoms. The number of hydrogen-bond donors (Lipinski definition) is 1. The molecule has 1 fully saturated rings. The Labute approximate surface area is 158 Å². The monoisotopic (exact) mass is 375 g/mol. The molecule has 1 N–H and O–H groups in total. The third kappa shape index (κ3) is 4.53. The second kappa shape index (κ2) is 9.00. The second-order valence-corrected chi connectivity index (χ2v) is 7.24. The minimum absolute atomic E-state index is 0.102. The van der Waals surface area contributed by atoms with Gasteiger partial charge in [0, 0.05) is 29.6 Å². The van der Waals surface area contributed by atoms with Crippen LogP contribution in [0.4, 0.5) is 5.13 Å². The number of anilines is 1. The maximum Gasteiger partial charge on any atom is 0.229 e. The first-order chi connectivity index (χ1) is 12.7. The van der Waals surface area contributed by atoms with E-state index in [1.165, 1.54) is 11.3 Å². The lowest BCUT2D eigenvalue weighted by atomic mass is 10.0. The van der Waals surface area contributed by atoms with Crippen LogP contribution in [0, 0.1) is 5.92 Å². The van der Waals surface area contributed by atoms with Gasteiger partial charge >= 0.3 is 0 Å². The molecule has 0 bridgehead atoms. The highest BCUT2D eigenvalue weighted by molar-refractivity contribution is 7.13. The third-order valence-corrected chi connectivity index (χ3v) is 5.50. The first-order valence-electron chi connectivity index (χ1n) is 8.82. The topological polar surface area (TPSA) is 63.7 Å². The average molecular weight is 375 g/mol. The number of carbonyl (C=O) groups is 1. The van der Waals surface area contributed by atoms with E-state index in [0.717, 1.165) is 42.4 Å². The van der Waals surface area contributed by atoms with Crippen LogP contribution in [0.25, 0.3) is 0 Å². The summed E-state index contributed by atoms with van der Waals surface area (Å²) in [5, 5.41) is 5.97. The normalized spacial score (nSPS) is 16.5. The summed E-state index contributed by atoms with van der Waals surface area (Å²) in [7, 11) is 3.25. The maximum absolute atomic E-state index is 12.9. The van der Waals surface area contributed by atoms with Crippen LogP contribution in [-0.4, -0.2) is 38.2 Å². The number of nitrogens with zero attached hydrogens (tertiary/aromatic N) is 2. The number of aromatic nitrogens is 1. The number of nitrogens with one attached hydrogen (secondary N) is 1. The highest BCUT2D eigenvalue weighted by atomic mass is 32.1. The van der Waals surface area contributed by atoms with Crippen LogP contribution in [0.1, 0.15) is 24.8 Å². The van der Waals surface area contributed by atoms with Crippen molar-refractivity contribution in [1.82, 2.24) is 10.3 Å². The molecule has 1 aromatic heterocycles. The number of hydrogen-bond acceptors (Lipinski definition) is 6. The van der Waals surface area contributed by atoms with Crippen LogP contribution in [0.5, 0.6) is 11.5 Å². The fourth-order valence-corrected chi connectivity index (χ4v) is 3.85. The van der Waals surface area contributed by atoms with Gasteiger partial charge < -0.3 is 14.8 Å². The van der Waals surface area contributed by atoms with Crippen molar-refractivity contribution in [3.05, 3.63) is 35.3 Å². The second-order valence-electron chi connectivity index (χ2n) is 6.37. The standard InChI is InChI=1S/C19H25N3O3S/c1-24-16-5-4-15(17(11-16)25-2)13-22(19-21-9-10-26-19)18(23)6-3-14-7-8-20-12-14/h4-5,9-11,14,20H,3,6-8,12-13H2,1-2H3. The number of rotatable bonds is 8. The molecule has 0 saturated carbocycles. The van der Waals surface area contributed by atoms with E-state index >= 15 is 0 Å². The van der Waals surface area contributed by atoms with Crippen molar-refractivity contribution < 1.29 is 14.3 Å². The molecule has 0 aliphatic carbocycles. The smallest absolute Gasteiger partial charge is 0.229 e. The van der Waals surface area contributed by atoms with E-state index in [-0.39, 0.29) is 5.91 Å². The first-order valence-corrected chi connectivity index (χ1v) is 9.70. The fourth-order valence-electron chi connectivity index (χ4n) is 3.19. The predicted molar refractivity (Wildman–Crippen MR) is 103 cm³/mol. The summed E-state index contributed by atoms with van der Waals surface area (Å²) in [5.41, 5.74) is 0.930. The molecular formula is C19H25N3O3S. The van der Waals surface area contributed by atoms with Gasteiger partial charge in [-0.1, -0.05) is 0 Å². The van der Waals surface area contributed by atoms with E-state index in [1.807, 2.05) is 23.6 Å². The molecule has 1 aliphatic heterocycles. The summed E-state index contributed by atoms with van der Waals surface area (Å²) < 4.78 is 10.7. The van der Waals surface area contributed by atoms with E-state index in [9.17, 15) is 4.79 Å². The van der Waals surface area contributed by atoms with Gasteiger partial charge in [-0.3, -0.25) is 9.69 Å². The van der Waals surface area contributed by atoms with Crippen molar-refractivity contribution in [3.8, 4) is 11.5 Å². The molecule has 1 saturated heterocycles. The van der Waals surface area contributed by atoms with Crippen molar-refractivity contribution in [2.45, 2.75) is 25.8 Å². The van der Waals surface area contributed by atoms with Crippen LogP contribution in [0.15, 0.2) is 29.8 Å². The van der Waals surface area contributed by atoms with Crippen molar-refractivity contribution in [2.75, 3.05) is 32.2 Å². The van der Waals surface area contributed by atoms with Gasteiger partial charge in [-0.05, 0) is 44.0 Å². The van der Waals surface area contributed by atoms with Crippen LogP contribution in [0.3, 0.4) is 0 Å². The van der Waals surface area contributed by atoms with Crippen LogP contribution in [-0.2, 0) is 11.3 Å². The van der Waals surface area contributed by atoms with Gasteiger partial charge in [-0.2, -0.15) is 0 Å². The number of ether oxygens (including phenoxy) is 2. The predicted octanol–water partition coefficient (Wildman–Crippen LogP) is 3.08. The molecule has 1 aromatic carbocycles. The summed E-state index contributed by atoms with van der Waals surface area (Å²) >= 11 is 1.47. The number of carbonyl (C=O) groups excluding carboxylic acids is 1. The zero-order valence-corrected chi connectivity index (χ0v) is 16.1. The van der Waals surface area contributed by atoms with E-state index in [2.05, 4.69) is 10.3 Å². The zero-order chi connectivity index (χ0) is 18.4. The van der Waals surface area contributed by atoms with Crippen molar-refractivity contribution in [2.24, 2.45) is 5.92 Å². The van der Waals surface area contributed by atoms with Crippen LogP contribution in [0.2, 0.25) is 0 Å². The maximum atomic E-state index is 12.9. The molecule has 140 valence electrons. The Hall–Kier alpha value is -2.12. The number of amides is 1. The molecule has 6 nitrogen and oxygen atoms in total. The van der Waals surface area contributed by atoms with Gasteiger partial charge in [0.2, 0.25) is 5.91 Å². The van der Waals surface area contributed by atoms with Gasteiger partial charge in [-0.25, -0.2) is 4.98 Å². The molecule has 3 rings (SSSR count). The summed E-state index contributed by atoms with van der Waals surface area (Å²) in [6.45, 7) is 2.50. The lowest BCUT2D eigenvalue weighted by molar-refractivity contribution is -0.119. The number of thiazole rings is 1. The Morgan fingerprint density at radius 2 is 2.27 bits per heavy atom. The minimum Gasteiger partial charge on any atom is -0.497 e. The van der Waals surface area contributed by atoms with Crippen molar-refractivity contribution in [1.29, 1.82) is 0 Å². The minimum atomic E-state index is 0.102. The lowest BCUT2D eigenvalue weighted by Gasteiger charge is -2.22. The van der Waals surface area contributed by atoms with Crippen molar-refractivity contribution in [3.63, 3.8) is 0 Å². The Balaban J connectivity index is 1.75. The van der Waals surface area contributed by atoms with Gasteiger partial charge in [0.1, 0.15) is 11.5 Å². The highest BCUT2D eigenvalue weighted by Gasteiger charge is 2.22. The van der Waals surface area contributed by atoms with Crippen LogP contribution < -0.4 is 19.7 Å². The molecular weight excluding hydrogens is 350 g/mol. The largest absolute Gasteiger partial charge is 0.497 e. The quantitative estimate of drug-likeness (QED) is 0.768. The first kappa shape index (κ1) is 18.7. The van der Waals surface area contributed by atoms with Crippen molar-refractivity contribution >= 4 is 22.4 Å². The Morgan fingerprint density at radius 3 is 2.92 bits per heavy atom. The van der Waals surface area contributed by atoms with E-state index < -0.39 is 0 Å². The van der Waals surface area contributed by atoms with Crippen LogP contribution >= 0.6 is 11.3 Å². The zero-order valence-electron chi connectivity index (χ0n) is 15.2. The molecule has 2 heterocycles. The summed E-state index contributed by atoms with van der Waals surface area (Å²) in [6.07, 6.45) is 4.32. The highest BCUT2D eigenvalue weighted by Crippen LogP contribution is 2.29. The van der Waals surface area contributed by atoms with Gasteiger partial charge in [0.05, 0.1) is 20.8 Å². The van der Waals surface area contributed by atoms with Gasteiger partial charge in [0.15, 0.2) is 5.13 Å². The third-order valence-electron chi connectivity index (χ3n) is 4.70. The molecule has 0 radical (unpaired) electrons. The number of methoxy groups -OCH3 is 2. The van der Waals surface area contributed by atoms with E-state index in [4.69, 9.17) is 9.47 Å². The Bertz CT molecular complexity index is 715. The summed E-state index contributed by atoms with van der Waals surface area (Å²) in [6, 6.07) is 5.66. The fraction of sp³-hybridized carbons (Fsp3) is 0.474. The summed E-state index contributed by atoms with van der Waals surface area (Å²) in [5.74, 6) is 2.13. The molecule has 7 heteroatoms. The molecule has 2 aromatic rings. The molecule has 1 amide bonds. The Kier molecular flexibility index (Phi) is 6.46. The molecule has 1 atom stereocenters. The molecule has 1 aliphatic rings. The van der Waals surface area contributed by atoms with E-state index in [0.29, 0.717) is 24.6 Å². The Morgan fingerprint density at radius 1 is 1.38 bits per heavy atom. The number of benzene rings is 1. The lowest BCUT2D eigenvalue weighted by Crippen LogP contribution is -2.30. The SMILES string of the molecule is COc1ccc(CN(C(=O)CCC2CCNC2)c2nccs2)c(OC)c1. The summed E-state index contributed by atoms with van der Waals surface area (Å²) in [4.78, 5) is 19.0. The molecule has 0 spiro atoms. The van der Waals surface area contributed by atoms with Gasteiger partial charge in [-0.15, -0.1) is 11.3 Å². The van der Waals surface area contributed by atoms with Gasteiger partial charge in [0.25, 0.3) is 0 Å².